The number of carbonyl (C=O) groups is 2. The molecule has 2 aromatic carbocycles. The fourth-order valence-corrected chi connectivity index (χ4v) is 4.74. The molecule has 37 heavy (non-hydrogen) atoms. The van der Waals surface area contributed by atoms with Crippen LogP contribution in [0.4, 0.5) is 0 Å². The first-order valence-electron chi connectivity index (χ1n) is 13.8. The van der Waals surface area contributed by atoms with Crippen LogP contribution in [0.25, 0.3) is 0 Å². The highest BCUT2D eigenvalue weighted by Gasteiger charge is 2.43. The van der Waals surface area contributed by atoms with Crippen LogP contribution in [0, 0.1) is 5.41 Å². The van der Waals surface area contributed by atoms with E-state index in [0.29, 0.717) is 30.4 Å². The molecule has 4 nitrogen and oxygen atoms in total. The summed E-state index contributed by atoms with van der Waals surface area (Å²) in [5.41, 5.74) is 2.91. The predicted molar refractivity (Wildman–Crippen MR) is 152 cm³/mol. The molecule has 3 unspecified atom stereocenters. The summed E-state index contributed by atoms with van der Waals surface area (Å²) in [4.78, 5) is 26.3. The van der Waals surface area contributed by atoms with Crippen LogP contribution in [0.3, 0.4) is 0 Å². The second-order valence-electron chi connectivity index (χ2n) is 12.5. The molecule has 2 aromatic rings. The molecule has 0 N–H and O–H groups in total. The van der Waals surface area contributed by atoms with Crippen molar-refractivity contribution in [3.63, 3.8) is 0 Å². The SMILES string of the molecule is CCCC(OC(=O)c1ccc(C(C)(C)C)cc1)C(C)(CC)C(CC)OC(=O)c1ccc(C(C)(C)C)cc1. The zero-order valence-corrected chi connectivity index (χ0v) is 24.7. The van der Waals surface area contributed by atoms with Gasteiger partial charge in [-0.05, 0) is 65.5 Å². The molecule has 0 aliphatic rings. The van der Waals surface area contributed by atoms with E-state index in [0.717, 1.165) is 6.42 Å². The van der Waals surface area contributed by atoms with Crippen molar-refractivity contribution in [1.82, 2.24) is 0 Å². The molecule has 204 valence electrons. The lowest BCUT2D eigenvalue weighted by molar-refractivity contribution is -0.0859. The molecule has 0 fully saturated rings. The average molecular weight is 509 g/mol. The molecule has 0 saturated carbocycles. The summed E-state index contributed by atoms with van der Waals surface area (Å²) in [7, 11) is 0. The van der Waals surface area contributed by atoms with E-state index in [1.54, 1.807) is 0 Å². The number of benzene rings is 2. The van der Waals surface area contributed by atoms with Gasteiger partial charge in [0.2, 0.25) is 0 Å². The number of rotatable bonds is 10. The van der Waals surface area contributed by atoms with Gasteiger partial charge in [-0.25, -0.2) is 9.59 Å². The fourth-order valence-electron chi connectivity index (χ4n) is 4.74. The minimum Gasteiger partial charge on any atom is -0.458 e. The van der Waals surface area contributed by atoms with Crippen LogP contribution < -0.4 is 0 Å². The first-order valence-corrected chi connectivity index (χ1v) is 13.8. The zero-order chi connectivity index (χ0) is 28.0. The molecule has 0 bridgehead atoms. The van der Waals surface area contributed by atoms with Crippen LogP contribution in [0.1, 0.15) is 127 Å². The van der Waals surface area contributed by atoms with Gasteiger partial charge in [0.05, 0.1) is 11.1 Å². The summed E-state index contributed by atoms with van der Waals surface area (Å²) >= 11 is 0. The summed E-state index contributed by atoms with van der Waals surface area (Å²) in [5, 5.41) is 0. The molecule has 0 spiro atoms. The molecule has 3 atom stereocenters. The molecule has 0 aromatic heterocycles. The van der Waals surface area contributed by atoms with Crippen molar-refractivity contribution in [3.05, 3.63) is 70.8 Å². The second kappa shape index (κ2) is 12.3. The number of esters is 2. The minimum atomic E-state index is -0.521. The Balaban J connectivity index is 2.25. The maximum atomic E-state index is 13.2. The normalized spacial score (nSPS) is 15.4. The van der Waals surface area contributed by atoms with E-state index in [1.165, 1.54) is 11.1 Å². The lowest BCUT2D eigenvalue weighted by Gasteiger charge is -2.41. The van der Waals surface area contributed by atoms with Gasteiger partial charge < -0.3 is 9.47 Å². The molecular weight excluding hydrogens is 460 g/mol. The Morgan fingerprint density at radius 1 is 0.649 bits per heavy atom. The van der Waals surface area contributed by atoms with E-state index < -0.39 is 5.41 Å². The summed E-state index contributed by atoms with van der Waals surface area (Å²) in [5.74, 6) is -0.677. The third-order valence-corrected chi connectivity index (χ3v) is 7.63. The van der Waals surface area contributed by atoms with E-state index >= 15 is 0 Å². The van der Waals surface area contributed by atoms with Gasteiger partial charge in [-0.1, -0.05) is 99.9 Å². The predicted octanol–water partition coefficient (Wildman–Crippen LogP) is 8.66. The molecule has 2 rings (SSSR count). The summed E-state index contributed by atoms with van der Waals surface area (Å²) in [6, 6.07) is 15.3. The highest BCUT2D eigenvalue weighted by Crippen LogP contribution is 2.39. The Morgan fingerprint density at radius 2 is 1.03 bits per heavy atom. The van der Waals surface area contributed by atoms with Crippen molar-refractivity contribution in [2.24, 2.45) is 5.41 Å². The smallest absolute Gasteiger partial charge is 0.338 e. The molecule has 0 heterocycles. The third-order valence-electron chi connectivity index (χ3n) is 7.63. The lowest BCUT2D eigenvalue weighted by atomic mass is 9.73. The quantitative estimate of drug-likeness (QED) is 0.301. The Hall–Kier alpha value is -2.62. The van der Waals surface area contributed by atoms with Crippen LogP contribution in [0.2, 0.25) is 0 Å². The van der Waals surface area contributed by atoms with Crippen molar-refractivity contribution < 1.29 is 19.1 Å². The number of hydrogen-bond acceptors (Lipinski definition) is 4. The summed E-state index contributed by atoms with van der Waals surface area (Å²) in [6.45, 7) is 21.1. The number of carbonyl (C=O) groups excluding carboxylic acids is 2. The largest absolute Gasteiger partial charge is 0.458 e. The molecule has 0 aliphatic heterocycles. The van der Waals surface area contributed by atoms with E-state index in [-0.39, 0.29) is 35.0 Å². The molecule has 0 saturated heterocycles. The zero-order valence-electron chi connectivity index (χ0n) is 24.7. The van der Waals surface area contributed by atoms with E-state index in [1.807, 2.05) is 55.5 Å². The van der Waals surface area contributed by atoms with Gasteiger partial charge in [-0.3, -0.25) is 0 Å². The van der Waals surface area contributed by atoms with Crippen LogP contribution in [-0.4, -0.2) is 24.1 Å². The van der Waals surface area contributed by atoms with Gasteiger partial charge >= 0.3 is 11.9 Å². The van der Waals surface area contributed by atoms with Crippen molar-refractivity contribution in [3.8, 4) is 0 Å². The maximum absolute atomic E-state index is 13.2. The van der Waals surface area contributed by atoms with Crippen LogP contribution in [0.5, 0.6) is 0 Å². The first-order chi connectivity index (χ1) is 17.2. The average Bonchev–Trinajstić information content (AvgIpc) is 2.85. The molecule has 0 aliphatic carbocycles. The van der Waals surface area contributed by atoms with Gasteiger partial charge in [0.1, 0.15) is 12.2 Å². The first kappa shape index (κ1) is 30.6. The second-order valence-corrected chi connectivity index (χ2v) is 12.5. The highest BCUT2D eigenvalue weighted by atomic mass is 16.6. The van der Waals surface area contributed by atoms with Gasteiger partial charge in [0.25, 0.3) is 0 Å². The maximum Gasteiger partial charge on any atom is 0.338 e. The summed E-state index contributed by atoms with van der Waals surface area (Å²) in [6.07, 6.45) is 2.13. The van der Waals surface area contributed by atoms with Gasteiger partial charge in [0, 0.05) is 5.41 Å². The number of ether oxygens (including phenoxy) is 2. The standard InChI is InChI=1S/C33H48O4/c1-11-14-28(37-30(35)24-17-21-26(22-18-24)32(7,8)9)33(10,13-3)27(12-2)36-29(34)23-15-19-25(20-16-23)31(4,5)6/h15-22,27-28H,11-14H2,1-10H3. The van der Waals surface area contributed by atoms with Crippen LogP contribution in [-0.2, 0) is 20.3 Å². The molecule has 0 amide bonds. The van der Waals surface area contributed by atoms with Crippen molar-refractivity contribution >= 4 is 11.9 Å². The molecule has 0 radical (unpaired) electrons. The Kier molecular flexibility index (Phi) is 10.2. The van der Waals surface area contributed by atoms with Gasteiger partial charge in [0.15, 0.2) is 0 Å². The molecule has 4 heteroatoms. The minimum absolute atomic E-state index is 0.0131. The van der Waals surface area contributed by atoms with Crippen molar-refractivity contribution in [1.29, 1.82) is 0 Å². The summed E-state index contributed by atoms with van der Waals surface area (Å²) < 4.78 is 12.3. The van der Waals surface area contributed by atoms with E-state index in [2.05, 4.69) is 62.3 Å². The van der Waals surface area contributed by atoms with Crippen LogP contribution >= 0.6 is 0 Å². The van der Waals surface area contributed by atoms with Gasteiger partial charge in [-0.2, -0.15) is 0 Å². The highest BCUT2D eigenvalue weighted by molar-refractivity contribution is 5.90. The lowest BCUT2D eigenvalue weighted by Crippen LogP contribution is -2.46. The van der Waals surface area contributed by atoms with Crippen molar-refractivity contribution in [2.75, 3.05) is 0 Å². The van der Waals surface area contributed by atoms with E-state index in [9.17, 15) is 9.59 Å². The molecular formula is C33H48O4. The Labute approximate surface area is 225 Å². The van der Waals surface area contributed by atoms with E-state index in [4.69, 9.17) is 9.47 Å². The Morgan fingerprint density at radius 3 is 1.32 bits per heavy atom. The van der Waals surface area contributed by atoms with Gasteiger partial charge in [-0.15, -0.1) is 0 Å². The monoisotopic (exact) mass is 508 g/mol. The third kappa shape index (κ3) is 7.69. The van der Waals surface area contributed by atoms with Crippen molar-refractivity contribution in [2.45, 2.75) is 118 Å². The Bertz CT molecular complexity index is 1020. The number of hydrogen-bond donors (Lipinski definition) is 0. The fraction of sp³-hybridized carbons (Fsp3) is 0.576. The topological polar surface area (TPSA) is 52.6 Å². The van der Waals surface area contributed by atoms with Crippen LogP contribution in [0.15, 0.2) is 48.5 Å².